The van der Waals surface area contributed by atoms with Crippen molar-refractivity contribution in [2.45, 2.75) is 36.8 Å². The monoisotopic (exact) mass is 280 g/mol. The predicted molar refractivity (Wildman–Crippen MR) is 69.9 cm³/mol. The highest BCUT2D eigenvalue weighted by molar-refractivity contribution is 7.89. The van der Waals surface area contributed by atoms with Crippen LogP contribution >= 0.6 is 0 Å². The van der Waals surface area contributed by atoms with Crippen LogP contribution in [0.25, 0.3) is 0 Å². The van der Waals surface area contributed by atoms with Crippen molar-refractivity contribution in [2.24, 2.45) is 0 Å². The Morgan fingerprint density at radius 2 is 2.32 bits per heavy atom. The summed E-state index contributed by atoms with van der Waals surface area (Å²) >= 11 is 0. The van der Waals surface area contributed by atoms with Gasteiger partial charge in [0.05, 0.1) is 22.6 Å². The largest absolute Gasteiger partial charge is 0.377 e. The summed E-state index contributed by atoms with van der Waals surface area (Å²) in [5, 5.41) is 8.80. The molecule has 1 aromatic rings. The van der Waals surface area contributed by atoms with Gasteiger partial charge in [-0.3, -0.25) is 0 Å². The maximum atomic E-state index is 12.2. The van der Waals surface area contributed by atoms with E-state index in [0.717, 1.165) is 12.8 Å². The van der Waals surface area contributed by atoms with Gasteiger partial charge in [0.15, 0.2) is 0 Å². The molecule has 1 N–H and O–H groups in total. The van der Waals surface area contributed by atoms with Crippen molar-refractivity contribution in [2.75, 3.05) is 6.61 Å². The van der Waals surface area contributed by atoms with E-state index >= 15 is 0 Å². The molecule has 6 heteroatoms. The minimum absolute atomic E-state index is 0.0751. The summed E-state index contributed by atoms with van der Waals surface area (Å²) in [4.78, 5) is 0.108. The fourth-order valence-corrected chi connectivity index (χ4v) is 3.44. The van der Waals surface area contributed by atoms with Crippen LogP contribution in [0.15, 0.2) is 29.2 Å². The van der Waals surface area contributed by atoms with Crippen LogP contribution in [-0.4, -0.2) is 27.2 Å². The van der Waals surface area contributed by atoms with Gasteiger partial charge in [-0.25, -0.2) is 13.1 Å². The van der Waals surface area contributed by atoms with Crippen molar-refractivity contribution in [1.29, 1.82) is 5.26 Å². The van der Waals surface area contributed by atoms with Crippen molar-refractivity contribution < 1.29 is 13.2 Å². The van der Waals surface area contributed by atoms with E-state index < -0.39 is 10.0 Å². The first-order chi connectivity index (χ1) is 9.03. The van der Waals surface area contributed by atoms with Gasteiger partial charge in [-0.1, -0.05) is 6.07 Å². The molecule has 1 aliphatic heterocycles. The topological polar surface area (TPSA) is 79.2 Å². The van der Waals surface area contributed by atoms with E-state index in [1.54, 1.807) is 19.1 Å². The van der Waals surface area contributed by atoms with Crippen molar-refractivity contribution in [3.8, 4) is 6.07 Å². The molecule has 0 spiro atoms. The molecule has 0 amide bonds. The van der Waals surface area contributed by atoms with Crippen LogP contribution < -0.4 is 4.72 Å². The van der Waals surface area contributed by atoms with Gasteiger partial charge in [-0.2, -0.15) is 5.26 Å². The van der Waals surface area contributed by atoms with Gasteiger partial charge in [0.1, 0.15) is 0 Å². The predicted octanol–water partition coefficient (Wildman–Crippen LogP) is 1.40. The smallest absolute Gasteiger partial charge is 0.240 e. The molecule has 2 unspecified atom stereocenters. The van der Waals surface area contributed by atoms with E-state index in [0.29, 0.717) is 12.2 Å². The highest BCUT2D eigenvalue weighted by atomic mass is 32.2. The van der Waals surface area contributed by atoms with Crippen LogP contribution in [0.1, 0.15) is 25.3 Å². The Labute approximate surface area is 113 Å². The van der Waals surface area contributed by atoms with E-state index in [-0.39, 0.29) is 17.0 Å². The average molecular weight is 280 g/mol. The van der Waals surface area contributed by atoms with Gasteiger partial charge in [0.2, 0.25) is 10.0 Å². The zero-order valence-corrected chi connectivity index (χ0v) is 11.5. The van der Waals surface area contributed by atoms with Crippen LogP contribution in [0.5, 0.6) is 0 Å². The molecule has 1 aromatic carbocycles. The molecule has 0 aromatic heterocycles. The normalized spacial score (nSPS) is 20.9. The Kier molecular flexibility index (Phi) is 4.20. The first-order valence-electron chi connectivity index (χ1n) is 6.17. The standard InChI is InChI=1S/C13H16N2O3S/c1-10(13-6-3-7-18-13)15-19(16,17)12-5-2-4-11(8-12)9-14/h2,4-5,8,10,13,15H,3,6-7H2,1H3. The highest BCUT2D eigenvalue weighted by Crippen LogP contribution is 2.18. The lowest BCUT2D eigenvalue weighted by Gasteiger charge is -2.19. The molecule has 102 valence electrons. The van der Waals surface area contributed by atoms with E-state index in [4.69, 9.17) is 10.00 Å². The average Bonchev–Trinajstić information content (AvgIpc) is 2.92. The van der Waals surface area contributed by atoms with Crippen molar-refractivity contribution in [3.05, 3.63) is 29.8 Å². The SMILES string of the molecule is CC(NS(=O)(=O)c1cccc(C#N)c1)C1CCCO1. The number of nitrogens with zero attached hydrogens (tertiary/aromatic N) is 1. The molecule has 1 fully saturated rings. The Morgan fingerprint density at radius 3 is 2.95 bits per heavy atom. The number of sulfonamides is 1. The Hall–Kier alpha value is -1.42. The van der Waals surface area contributed by atoms with E-state index in [9.17, 15) is 8.42 Å². The second-order valence-electron chi connectivity index (χ2n) is 4.60. The number of nitriles is 1. The maximum Gasteiger partial charge on any atom is 0.240 e. The Balaban J connectivity index is 2.15. The summed E-state index contributed by atoms with van der Waals surface area (Å²) in [6.45, 7) is 2.47. The van der Waals surface area contributed by atoms with Crippen LogP contribution in [0.3, 0.4) is 0 Å². The van der Waals surface area contributed by atoms with Crippen molar-refractivity contribution >= 4 is 10.0 Å². The number of benzene rings is 1. The van der Waals surface area contributed by atoms with Gasteiger partial charge in [-0.15, -0.1) is 0 Å². The van der Waals surface area contributed by atoms with E-state index in [1.807, 2.05) is 6.07 Å². The number of hydrogen-bond donors (Lipinski definition) is 1. The first kappa shape index (κ1) is 14.0. The van der Waals surface area contributed by atoms with Crippen molar-refractivity contribution in [3.63, 3.8) is 0 Å². The van der Waals surface area contributed by atoms with Crippen molar-refractivity contribution in [1.82, 2.24) is 4.72 Å². The van der Waals surface area contributed by atoms with Crippen LogP contribution in [0, 0.1) is 11.3 Å². The number of nitrogens with one attached hydrogen (secondary N) is 1. The maximum absolute atomic E-state index is 12.2. The summed E-state index contributed by atoms with van der Waals surface area (Å²) in [6, 6.07) is 7.63. The highest BCUT2D eigenvalue weighted by Gasteiger charge is 2.26. The van der Waals surface area contributed by atoms with E-state index in [1.165, 1.54) is 12.1 Å². The lowest BCUT2D eigenvalue weighted by molar-refractivity contribution is 0.0902. The molecular formula is C13H16N2O3S. The molecule has 2 atom stereocenters. The first-order valence-corrected chi connectivity index (χ1v) is 7.65. The summed E-state index contributed by atoms with van der Waals surface area (Å²) < 4.78 is 32.4. The fourth-order valence-electron chi connectivity index (χ4n) is 2.12. The minimum Gasteiger partial charge on any atom is -0.377 e. The number of hydrogen-bond acceptors (Lipinski definition) is 4. The number of ether oxygens (including phenoxy) is 1. The van der Waals surface area contributed by atoms with Crippen LogP contribution in [0.4, 0.5) is 0 Å². The van der Waals surface area contributed by atoms with Gasteiger partial charge < -0.3 is 4.74 Å². The molecule has 0 aliphatic carbocycles. The van der Waals surface area contributed by atoms with Gasteiger partial charge in [0, 0.05) is 12.6 Å². The third-order valence-electron chi connectivity index (χ3n) is 3.14. The van der Waals surface area contributed by atoms with Gasteiger partial charge in [-0.05, 0) is 38.0 Å². The zero-order valence-electron chi connectivity index (χ0n) is 10.7. The minimum atomic E-state index is -3.61. The molecular weight excluding hydrogens is 264 g/mol. The summed E-state index contributed by atoms with van der Waals surface area (Å²) in [6.07, 6.45) is 1.75. The third-order valence-corrected chi connectivity index (χ3v) is 4.69. The molecule has 0 saturated carbocycles. The zero-order chi connectivity index (χ0) is 13.9. The number of rotatable bonds is 4. The fraction of sp³-hybridized carbons (Fsp3) is 0.462. The van der Waals surface area contributed by atoms with Gasteiger partial charge >= 0.3 is 0 Å². The lowest BCUT2D eigenvalue weighted by Crippen LogP contribution is -2.40. The lowest BCUT2D eigenvalue weighted by atomic mass is 10.1. The molecule has 19 heavy (non-hydrogen) atoms. The van der Waals surface area contributed by atoms with E-state index in [2.05, 4.69) is 4.72 Å². The van der Waals surface area contributed by atoms with Crippen LogP contribution in [0.2, 0.25) is 0 Å². The van der Waals surface area contributed by atoms with Crippen LogP contribution in [-0.2, 0) is 14.8 Å². The summed E-state index contributed by atoms with van der Waals surface area (Å²) in [7, 11) is -3.61. The summed E-state index contributed by atoms with van der Waals surface area (Å²) in [5.74, 6) is 0. The molecule has 1 aliphatic rings. The molecule has 2 rings (SSSR count). The van der Waals surface area contributed by atoms with Gasteiger partial charge in [0.25, 0.3) is 0 Å². The Bertz CT molecular complexity index is 586. The molecule has 1 saturated heterocycles. The quantitative estimate of drug-likeness (QED) is 0.904. The summed E-state index contributed by atoms with van der Waals surface area (Å²) in [5.41, 5.74) is 0.327. The molecule has 0 bridgehead atoms. The Morgan fingerprint density at radius 1 is 1.53 bits per heavy atom. The second-order valence-corrected chi connectivity index (χ2v) is 6.32. The molecule has 1 heterocycles. The molecule has 0 radical (unpaired) electrons. The molecule has 5 nitrogen and oxygen atoms in total. The second kappa shape index (κ2) is 5.70. The third kappa shape index (κ3) is 3.32.